The Hall–Kier alpha value is -1.46. The highest BCUT2D eigenvalue weighted by Gasteiger charge is 2.10. The number of nitrogens with zero attached hydrogens (tertiary/aromatic N) is 2. The third-order valence-electron chi connectivity index (χ3n) is 2.92. The molecule has 100 valence electrons. The second-order valence-electron chi connectivity index (χ2n) is 4.76. The van der Waals surface area contributed by atoms with Crippen LogP contribution in [0.4, 0.5) is 5.82 Å². The number of aromatic nitrogens is 2. The summed E-state index contributed by atoms with van der Waals surface area (Å²) in [7, 11) is 0. The van der Waals surface area contributed by atoms with Crippen molar-refractivity contribution in [2.45, 2.75) is 26.7 Å². The van der Waals surface area contributed by atoms with E-state index >= 15 is 0 Å². The van der Waals surface area contributed by atoms with Gasteiger partial charge in [-0.05, 0) is 24.5 Å². The molecule has 0 aliphatic heterocycles. The average molecular weight is 321 g/mol. The summed E-state index contributed by atoms with van der Waals surface area (Å²) in [6.45, 7) is 6.24. The summed E-state index contributed by atoms with van der Waals surface area (Å²) in [5, 5.41) is 0. The summed E-state index contributed by atoms with van der Waals surface area (Å²) in [6, 6.07) is 7.95. The van der Waals surface area contributed by atoms with Crippen molar-refractivity contribution in [3.05, 3.63) is 40.0 Å². The van der Waals surface area contributed by atoms with Gasteiger partial charge in [0.2, 0.25) is 0 Å². The zero-order chi connectivity index (χ0) is 14.0. The Morgan fingerprint density at radius 2 is 1.95 bits per heavy atom. The summed E-state index contributed by atoms with van der Waals surface area (Å²) in [4.78, 5) is 9.00. The minimum Gasteiger partial charge on any atom is -0.308 e. The van der Waals surface area contributed by atoms with Crippen LogP contribution >= 0.6 is 15.9 Å². The van der Waals surface area contributed by atoms with Crippen molar-refractivity contribution in [2.75, 3.05) is 5.43 Å². The van der Waals surface area contributed by atoms with Gasteiger partial charge in [-0.15, -0.1) is 0 Å². The number of aryl methyl sites for hydroxylation is 1. The lowest BCUT2D eigenvalue weighted by atomic mass is 10.1. The Labute approximate surface area is 121 Å². The molecule has 3 N–H and O–H groups in total. The van der Waals surface area contributed by atoms with Gasteiger partial charge < -0.3 is 5.43 Å². The Kier molecular flexibility index (Phi) is 4.17. The molecule has 4 nitrogen and oxygen atoms in total. The summed E-state index contributed by atoms with van der Waals surface area (Å²) in [6.07, 6.45) is 0. The maximum absolute atomic E-state index is 5.47. The van der Waals surface area contributed by atoms with Gasteiger partial charge in [0.15, 0.2) is 5.82 Å². The van der Waals surface area contributed by atoms with Crippen molar-refractivity contribution in [3.8, 4) is 11.4 Å². The number of hydrogen-bond acceptors (Lipinski definition) is 4. The van der Waals surface area contributed by atoms with E-state index in [0.29, 0.717) is 17.6 Å². The van der Waals surface area contributed by atoms with Gasteiger partial charge in [-0.1, -0.05) is 41.9 Å². The van der Waals surface area contributed by atoms with Gasteiger partial charge in [0.05, 0.1) is 0 Å². The molecule has 0 saturated carbocycles. The molecule has 0 saturated heterocycles. The zero-order valence-electron chi connectivity index (χ0n) is 11.2. The molecular weight excluding hydrogens is 304 g/mol. The molecule has 1 aromatic heterocycles. The predicted molar refractivity (Wildman–Crippen MR) is 81.8 cm³/mol. The number of hydrogen-bond donors (Lipinski definition) is 2. The van der Waals surface area contributed by atoms with Crippen LogP contribution in [0.15, 0.2) is 28.7 Å². The van der Waals surface area contributed by atoms with E-state index in [1.165, 1.54) is 5.56 Å². The average Bonchev–Trinajstić information content (AvgIpc) is 2.41. The van der Waals surface area contributed by atoms with Gasteiger partial charge in [0, 0.05) is 21.8 Å². The predicted octanol–water partition coefficient (Wildman–Crippen LogP) is 3.62. The van der Waals surface area contributed by atoms with Crippen molar-refractivity contribution < 1.29 is 0 Å². The largest absolute Gasteiger partial charge is 0.308 e. The van der Waals surface area contributed by atoms with E-state index in [2.05, 4.69) is 45.2 Å². The fourth-order valence-corrected chi connectivity index (χ4v) is 2.08. The molecule has 0 atom stereocenters. The van der Waals surface area contributed by atoms with Gasteiger partial charge >= 0.3 is 0 Å². The van der Waals surface area contributed by atoms with E-state index in [9.17, 15) is 0 Å². The highest BCUT2D eigenvalue weighted by molar-refractivity contribution is 9.10. The van der Waals surface area contributed by atoms with Crippen LogP contribution in [0.25, 0.3) is 11.4 Å². The van der Waals surface area contributed by atoms with E-state index in [1.54, 1.807) is 0 Å². The van der Waals surface area contributed by atoms with Gasteiger partial charge in [-0.2, -0.15) is 0 Å². The van der Waals surface area contributed by atoms with Crippen LogP contribution in [0, 0.1) is 6.92 Å². The maximum atomic E-state index is 5.47. The van der Waals surface area contributed by atoms with Crippen LogP contribution in [-0.4, -0.2) is 9.97 Å². The van der Waals surface area contributed by atoms with Crippen molar-refractivity contribution in [2.24, 2.45) is 5.84 Å². The van der Waals surface area contributed by atoms with E-state index in [0.717, 1.165) is 15.7 Å². The molecule has 0 unspecified atom stereocenters. The van der Waals surface area contributed by atoms with Crippen molar-refractivity contribution >= 4 is 21.7 Å². The summed E-state index contributed by atoms with van der Waals surface area (Å²) < 4.78 is 1.05. The lowest BCUT2D eigenvalue weighted by Crippen LogP contribution is -2.11. The number of hydrazine groups is 1. The fourth-order valence-electron chi connectivity index (χ4n) is 1.70. The van der Waals surface area contributed by atoms with Crippen molar-refractivity contribution in [3.63, 3.8) is 0 Å². The molecular formula is C14H17BrN4. The molecule has 5 heteroatoms. The Bertz CT molecular complexity index is 596. The number of nitrogen functional groups attached to an aromatic ring is 1. The van der Waals surface area contributed by atoms with Gasteiger partial charge in [-0.3, -0.25) is 0 Å². The number of benzene rings is 1. The highest BCUT2D eigenvalue weighted by Crippen LogP contribution is 2.25. The van der Waals surface area contributed by atoms with Crippen molar-refractivity contribution in [1.82, 2.24) is 9.97 Å². The third kappa shape index (κ3) is 3.11. The zero-order valence-corrected chi connectivity index (χ0v) is 12.8. The molecule has 2 aromatic rings. The maximum Gasteiger partial charge on any atom is 0.161 e. The van der Waals surface area contributed by atoms with E-state index in [-0.39, 0.29) is 0 Å². The van der Waals surface area contributed by atoms with Crippen LogP contribution < -0.4 is 11.3 Å². The molecule has 0 spiro atoms. The van der Waals surface area contributed by atoms with Crippen molar-refractivity contribution in [1.29, 1.82) is 0 Å². The fraction of sp³-hybridized carbons (Fsp3) is 0.286. The Morgan fingerprint density at radius 1 is 1.21 bits per heavy atom. The van der Waals surface area contributed by atoms with Crippen LogP contribution in [0.3, 0.4) is 0 Å². The van der Waals surface area contributed by atoms with Gasteiger partial charge in [-0.25, -0.2) is 15.8 Å². The molecule has 0 aliphatic rings. The monoisotopic (exact) mass is 320 g/mol. The van der Waals surface area contributed by atoms with Crippen LogP contribution in [0.2, 0.25) is 0 Å². The minimum atomic E-state index is 0.322. The molecule has 0 amide bonds. The van der Waals surface area contributed by atoms with Crippen LogP contribution in [0.1, 0.15) is 31.0 Å². The summed E-state index contributed by atoms with van der Waals surface area (Å²) in [5.74, 6) is 7.10. The van der Waals surface area contributed by atoms with Gasteiger partial charge in [0.25, 0.3) is 0 Å². The van der Waals surface area contributed by atoms with E-state index < -0.39 is 0 Å². The van der Waals surface area contributed by atoms with Crippen LogP contribution in [0.5, 0.6) is 0 Å². The smallest absolute Gasteiger partial charge is 0.161 e. The van der Waals surface area contributed by atoms with Crippen LogP contribution in [-0.2, 0) is 0 Å². The first kappa shape index (κ1) is 14.0. The van der Waals surface area contributed by atoms with Gasteiger partial charge in [0.1, 0.15) is 5.82 Å². The number of rotatable bonds is 3. The first-order valence-corrected chi connectivity index (χ1v) is 6.92. The lowest BCUT2D eigenvalue weighted by Gasteiger charge is -2.10. The molecule has 2 rings (SSSR count). The Balaban J connectivity index is 2.54. The molecule has 1 aromatic carbocycles. The number of nitrogens with two attached hydrogens (primary N) is 1. The second-order valence-corrected chi connectivity index (χ2v) is 5.62. The summed E-state index contributed by atoms with van der Waals surface area (Å²) in [5.41, 5.74) is 5.71. The molecule has 0 fully saturated rings. The standard InChI is InChI=1S/C14H17BrN4/c1-8(2)12-7-13(19-16)18-14(17-12)10-5-4-9(3)11(15)6-10/h4-8H,16H2,1-3H3,(H,17,18,19). The molecule has 0 bridgehead atoms. The highest BCUT2D eigenvalue weighted by atomic mass is 79.9. The summed E-state index contributed by atoms with van der Waals surface area (Å²) >= 11 is 3.53. The van der Waals surface area contributed by atoms with E-state index in [4.69, 9.17) is 5.84 Å². The molecule has 19 heavy (non-hydrogen) atoms. The molecule has 0 radical (unpaired) electrons. The Morgan fingerprint density at radius 3 is 2.53 bits per heavy atom. The lowest BCUT2D eigenvalue weighted by molar-refractivity contribution is 0.817. The number of nitrogens with one attached hydrogen (secondary N) is 1. The normalized spacial score (nSPS) is 10.8. The molecule has 0 aliphatic carbocycles. The first-order chi connectivity index (χ1) is 9.01. The first-order valence-electron chi connectivity index (χ1n) is 6.13. The molecule has 1 heterocycles. The second kappa shape index (κ2) is 5.67. The third-order valence-corrected chi connectivity index (χ3v) is 3.77. The number of anilines is 1. The topological polar surface area (TPSA) is 63.8 Å². The SMILES string of the molecule is Cc1ccc(-c2nc(NN)cc(C(C)C)n2)cc1Br. The quantitative estimate of drug-likeness (QED) is 0.669. The minimum absolute atomic E-state index is 0.322. The number of halogens is 1. The van der Waals surface area contributed by atoms with E-state index in [1.807, 2.05) is 31.2 Å².